The Bertz CT molecular complexity index is 463. The molecule has 0 amide bonds. The van der Waals surface area contributed by atoms with Gasteiger partial charge < -0.3 is 15.6 Å². The summed E-state index contributed by atoms with van der Waals surface area (Å²) in [4.78, 5) is 10.4. The maximum atomic E-state index is 10.4. The number of carboxylic acids is 1. The summed E-state index contributed by atoms with van der Waals surface area (Å²) in [5, 5.41) is 9.01. The van der Waals surface area contributed by atoms with Crippen LogP contribution in [0, 0.1) is 11.8 Å². The lowest BCUT2D eigenvalue weighted by Gasteiger charge is -2.06. The van der Waals surface area contributed by atoms with Crippen LogP contribution in [-0.4, -0.2) is 24.2 Å². The van der Waals surface area contributed by atoms with Crippen LogP contribution in [0.4, 0.5) is 0 Å². The number of rotatable bonds is 4. The Hall–Kier alpha value is -1.70. The minimum Gasteiger partial charge on any atom is -0.481 e. The van der Waals surface area contributed by atoms with Crippen molar-refractivity contribution in [1.29, 1.82) is 0 Å². The number of nitrogens with two attached hydrogens (primary N) is 1. The summed E-state index contributed by atoms with van der Waals surface area (Å²) in [5.41, 5.74) is 5.92. The fourth-order valence-electron chi connectivity index (χ4n) is 1.09. The first-order valence-electron chi connectivity index (χ1n) is 4.96. The van der Waals surface area contributed by atoms with E-state index in [1.165, 1.54) is 6.07 Å². The van der Waals surface area contributed by atoms with Gasteiger partial charge in [0.15, 0.2) is 6.61 Å². The number of halogens is 1. The number of carbonyl (C=O) groups is 1. The first-order valence-corrected chi connectivity index (χ1v) is 5.34. The number of aliphatic carboxylic acids is 1. The summed E-state index contributed by atoms with van der Waals surface area (Å²) < 4.78 is 5.09. The predicted molar refractivity (Wildman–Crippen MR) is 65.1 cm³/mol. The van der Waals surface area contributed by atoms with Gasteiger partial charge in [0, 0.05) is 24.1 Å². The van der Waals surface area contributed by atoms with E-state index in [0.29, 0.717) is 29.3 Å². The summed E-state index contributed by atoms with van der Waals surface area (Å²) in [6, 6.07) is 4.89. The summed E-state index contributed by atoms with van der Waals surface area (Å²) in [5.74, 6) is 5.03. The summed E-state index contributed by atoms with van der Waals surface area (Å²) in [7, 11) is 0. The van der Waals surface area contributed by atoms with Crippen LogP contribution in [0.1, 0.15) is 12.0 Å². The van der Waals surface area contributed by atoms with Crippen molar-refractivity contribution in [1.82, 2.24) is 0 Å². The van der Waals surface area contributed by atoms with E-state index in [1.54, 1.807) is 12.1 Å². The van der Waals surface area contributed by atoms with E-state index in [4.69, 9.17) is 27.2 Å². The molecule has 0 heterocycles. The van der Waals surface area contributed by atoms with Gasteiger partial charge in [0.05, 0.1) is 5.56 Å². The second-order valence-corrected chi connectivity index (χ2v) is 3.60. The van der Waals surface area contributed by atoms with Crippen LogP contribution in [-0.2, 0) is 4.79 Å². The van der Waals surface area contributed by atoms with Crippen LogP contribution in [0.15, 0.2) is 18.2 Å². The van der Waals surface area contributed by atoms with Crippen molar-refractivity contribution in [3.63, 3.8) is 0 Å². The van der Waals surface area contributed by atoms with Crippen LogP contribution >= 0.6 is 11.6 Å². The van der Waals surface area contributed by atoms with Gasteiger partial charge in [-0.25, -0.2) is 4.79 Å². The molecule has 0 bridgehead atoms. The third-order valence-corrected chi connectivity index (χ3v) is 2.02. The smallest absolute Gasteiger partial charge is 0.341 e. The van der Waals surface area contributed by atoms with Crippen molar-refractivity contribution >= 4 is 17.6 Å². The van der Waals surface area contributed by atoms with Gasteiger partial charge in [-0.05, 0) is 12.1 Å². The van der Waals surface area contributed by atoms with E-state index in [1.807, 2.05) is 0 Å². The minimum atomic E-state index is -1.05. The van der Waals surface area contributed by atoms with E-state index in [-0.39, 0.29) is 0 Å². The maximum Gasteiger partial charge on any atom is 0.341 e. The van der Waals surface area contributed by atoms with Gasteiger partial charge in [-0.1, -0.05) is 23.4 Å². The molecule has 0 saturated heterocycles. The number of carboxylic acid groups (broad SMARTS) is 1. The monoisotopic (exact) mass is 253 g/mol. The van der Waals surface area contributed by atoms with Crippen LogP contribution in [0.2, 0.25) is 5.02 Å². The lowest BCUT2D eigenvalue weighted by atomic mass is 10.2. The Morgan fingerprint density at radius 3 is 2.94 bits per heavy atom. The second-order valence-electron chi connectivity index (χ2n) is 3.16. The molecular weight excluding hydrogens is 242 g/mol. The molecule has 0 aliphatic rings. The van der Waals surface area contributed by atoms with E-state index < -0.39 is 12.6 Å². The van der Waals surface area contributed by atoms with Crippen molar-refractivity contribution in [3.05, 3.63) is 28.8 Å². The average Bonchev–Trinajstić information content (AvgIpc) is 2.29. The molecule has 0 aliphatic heterocycles. The fourth-order valence-corrected chi connectivity index (χ4v) is 1.25. The van der Waals surface area contributed by atoms with Crippen LogP contribution in [0.3, 0.4) is 0 Å². The molecule has 0 aliphatic carbocycles. The first-order chi connectivity index (χ1) is 8.13. The normalized spacial score (nSPS) is 9.29. The van der Waals surface area contributed by atoms with Gasteiger partial charge in [0.1, 0.15) is 5.75 Å². The Balaban J connectivity index is 2.88. The zero-order valence-electron chi connectivity index (χ0n) is 9.07. The highest BCUT2D eigenvalue weighted by Gasteiger charge is 2.05. The number of benzene rings is 1. The molecule has 4 nitrogen and oxygen atoms in total. The number of ether oxygens (including phenoxy) is 1. The van der Waals surface area contributed by atoms with Gasteiger partial charge in [-0.15, -0.1) is 0 Å². The van der Waals surface area contributed by atoms with E-state index >= 15 is 0 Å². The van der Waals surface area contributed by atoms with Crippen LogP contribution < -0.4 is 10.5 Å². The fraction of sp³-hybridized carbons (Fsp3) is 0.250. The summed E-state index contributed by atoms with van der Waals surface area (Å²) in [6.07, 6.45) is 0.570. The molecule has 5 heteroatoms. The standard InChI is InChI=1S/C12H12ClNO3/c13-10-5-4-9(3-1-2-6-14)11(7-10)17-8-12(15)16/h4-5,7H,2,6,8,14H2,(H,15,16). The molecule has 0 saturated carbocycles. The van der Waals surface area contributed by atoms with E-state index in [2.05, 4.69) is 11.8 Å². The minimum absolute atomic E-state index is 0.365. The molecule has 90 valence electrons. The lowest BCUT2D eigenvalue weighted by molar-refractivity contribution is -0.139. The lowest BCUT2D eigenvalue weighted by Crippen LogP contribution is -2.10. The van der Waals surface area contributed by atoms with E-state index in [0.717, 1.165) is 0 Å². The van der Waals surface area contributed by atoms with Gasteiger partial charge in [-0.3, -0.25) is 0 Å². The Morgan fingerprint density at radius 1 is 1.53 bits per heavy atom. The molecule has 0 radical (unpaired) electrons. The molecule has 1 aromatic rings. The molecule has 0 fully saturated rings. The molecule has 0 spiro atoms. The highest BCUT2D eigenvalue weighted by Crippen LogP contribution is 2.22. The van der Waals surface area contributed by atoms with Crippen molar-refractivity contribution in [2.24, 2.45) is 5.73 Å². The van der Waals surface area contributed by atoms with Gasteiger partial charge in [0.25, 0.3) is 0 Å². The first kappa shape index (κ1) is 13.4. The van der Waals surface area contributed by atoms with Crippen LogP contribution in [0.5, 0.6) is 5.75 Å². The average molecular weight is 254 g/mol. The van der Waals surface area contributed by atoms with Crippen molar-refractivity contribution in [2.75, 3.05) is 13.2 Å². The highest BCUT2D eigenvalue weighted by molar-refractivity contribution is 6.30. The van der Waals surface area contributed by atoms with Crippen LogP contribution in [0.25, 0.3) is 0 Å². The third kappa shape index (κ3) is 4.77. The topological polar surface area (TPSA) is 72.5 Å². The summed E-state index contributed by atoms with van der Waals surface area (Å²) >= 11 is 5.80. The third-order valence-electron chi connectivity index (χ3n) is 1.79. The predicted octanol–water partition coefficient (Wildman–Crippen LogP) is 1.50. The molecule has 1 rings (SSSR count). The highest BCUT2D eigenvalue weighted by atomic mass is 35.5. The van der Waals surface area contributed by atoms with Gasteiger partial charge >= 0.3 is 5.97 Å². The Labute approximate surface area is 104 Å². The Kier molecular flexibility index (Phi) is 5.34. The number of hydrogen-bond donors (Lipinski definition) is 2. The quantitative estimate of drug-likeness (QED) is 0.798. The number of hydrogen-bond acceptors (Lipinski definition) is 3. The van der Waals surface area contributed by atoms with Gasteiger partial charge in [-0.2, -0.15) is 0 Å². The molecule has 3 N–H and O–H groups in total. The Morgan fingerprint density at radius 2 is 2.29 bits per heavy atom. The van der Waals surface area contributed by atoms with Crippen molar-refractivity contribution < 1.29 is 14.6 Å². The zero-order valence-corrected chi connectivity index (χ0v) is 9.83. The maximum absolute atomic E-state index is 10.4. The van der Waals surface area contributed by atoms with Crippen molar-refractivity contribution in [3.8, 4) is 17.6 Å². The SMILES string of the molecule is NCCC#Cc1ccc(Cl)cc1OCC(=O)O. The molecule has 1 aromatic carbocycles. The molecular formula is C12H12ClNO3. The van der Waals surface area contributed by atoms with Gasteiger partial charge in [0.2, 0.25) is 0 Å². The summed E-state index contributed by atoms with van der Waals surface area (Å²) in [6.45, 7) is 0.0534. The molecule has 17 heavy (non-hydrogen) atoms. The zero-order chi connectivity index (χ0) is 12.7. The largest absolute Gasteiger partial charge is 0.481 e. The second kappa shape index (κ2) is 6.79. The van der Waals surface area contributed by atoms with E-state index in [9.17, 15) is 4.79 Å². The molecule has 0 aromatic heterocycles. The van der Waals surface area contributed by atoms with Crippen molar-refractivity contribution in [2.45, 2.75) is 6.42 Å². The molecule has 0 unspecified atom stereocenters. The molecule has 0 atom stereocenters.